The molecule has 2 N–H and O–H groups in total. The Morgan fingerprint density at radius 3 is 2.03 bits per heavy atom. The summed E-state index contributed by atoms with van der Waals surface area (Å²) >= 11 is 0. The van der Waals surface area contributed by atoms with Crippen LogP contribution < -0.4 is 10.6 Å². The predicted octanol–water partition coefficient (Wildman–Crippen LogP) is 3.91. The zero-order valence-electron chi connectivity index (χ0n) is 19.2. The van der Waals surface area contributed by atoms with Gasteiger partial charge >= 0.3 is 11.9 Å². The van der Waals surface area contributed by atoms with Gasteiger partial charge in [-0.05, 0) is 48.9 Å². The third kappa shape index (κ3) is 7.82. The number of benzene rings is 3. The summed E-state index contributed by atoms with van der Waals surface area (Å²) in [6, 6.07) is 23.3. The van der Waals surface area contributed by atoms with Gasteiger partial charge in [0, 0.05) is 11.3 Å². The zero-order chi connectivity index (χ0) is 25.0. The third-order valence-electron chi connectivity index (χ3n) is 4.96. The van der Waals surface area contributed by atoms with E-state index in [0.29, 0.717) is 16.8 Å². The van der Waals surface area contributed by atoms with Gasteiger partial charge in [-0.15, -0.1) is 0 Å². The number of hydrogen-bond acceptors (Lipinski definition) is 6. The second-order valence-corrected chi connectivity index (χ2v) is 7.51. The zero-order valence-corrected chi connectivity index (χ0v) is 19.2. The topological polar surface area (TPSA) is 111 Å². The minimum atomic E-state index is -0.639. The smallest absolute Gasteiger partial charge is 0.338 e. The molecule has 0 saturated heterocycles. The fourth-order valence-corrected chi connectivity index (χ4v) is 3.24. The Balaban J connectivity index is 1.54. The number of carbonyl (C=O) groups excluding carboxylic acids is 4. The summed E-state index contributed by atoms with van der Waals surface area (Å²) in [5.41, 5.74) is 2.01. The van der Waals surface area contributed by atoms with Crippen LogP contribution in [0.1, 0.15) is 45.7 Å². The van der Waals surface area contributed by atoms with Crippen molar-refractivity contribution in [2.45, 2.75) is 19.4 Å². The molecule has 8 nitrogen and oxygen atoms in total. The average molecular weight is 475 g/mol. The first-order chi connectivity index (χ1) is 17.0. The summed E-state index contributed by atoms with van der Waals surface area (Å²) in [5, 5.41) is 5.45. The van der Waals surface area contributed by atoms with E-state index in [4.69, 9.17) is 9.47 Å². The second kappa shape index (κ2) is 12.7. The molecule has 0 heterocycles. The highest BCUT2D eigenvalue weighted by atomic mass is 16.5. The first-order valence-electron chi connectivity index (χ1n) is 11.1. The van der Waals surface area contributed by atoms with Crippen LogP contribution >= 0.6 is 0 Å². The van der Waals surface area contributed by atoms with E-state index in [-0.39, 0.29) is 18.9 Å². The Morgan fingerprint density at radius 2 is 1.40 bits per heavy atom. The molecule has 3 aromatic rings. The molecule has 3 aromatic carbocycles. The molecule has 180 valence electrons. The molecule has 8 heteroatoms. The van der Waals surface area contributed by atoms with E-state index in [1.165, 1.54) is 12.1 Å². The van der Waals surface area contributed by atoms with E-state index in [2.05, 4.69) is 10.6 Å². The lowest BCUT2D eigenvalue weighted by Crippen LogP contribution is -2.31. The van der Waals surface area contributed by atoms with E-state index in [9.17, 15) is 19.2 Å². The number of amides is 2. The summed E-state index contributed by atoms with van der Waals surface area (Å²) in [6.45, 7) is 1.49. The van der Waals surface area contributed by atoms with Crippen LogP contribution in [0.5, 0.6) is 0 Å². The van der Waals surface area contributed by atoms with E-state index in [0.717, 1.165) is 5.56 Å². The van der Waals surface area contributed by atoms with Crippen molar-refractivity contribution in [3.8, 4) is 0 Å². The van der Waals surface area contributed by atoms with Crippen molar-refractivity contribution in [2.24, 2.45) is 0 Å². The van der Waals surface area contributed by atoms with Crippen molar-refractivity contribution in [2.75, 3.05) is 18.5 Å². The summed E-state index contributed by atoms with van der Waals surface area (Å²) < 4.78 is 10.0. The summed E-state index contributed by atoms with van der Waals surface area (Å²) in [6.07, 6.45) is -0.149. The number of nitrogens with one attached hydrogen (secondary N) is 2. The van der Waals surface area contributed by atoms with Crippen LogP contribution in [0.3, 0.4) is 0 Å². The first kappa shape index (κ1) is 25.2. The van der Waals surface area contributed by atoms with Crippen molar-refractivity contribution in [1.29, 1.82) is 0 Å². The normalized spacial score (nSPS) is 11.1. The van der Waals surface area contributed by atoms with Crippen LogP contribution in [0.15, 0.2) is 84.9 Å². The second-order valence-electron chi connectivity index (χ2n) is 7.51. The number of rotatable bonds is 10. The summed E-state index contributed by atoms with van der Waals surface area (Å²) in [7, 11) is 0. The quantitative estimate of drug-likeness (QED) is 0.431. The van der Waals surface area contributed by atoms with Crippen molar-refractivity contribution in [1.82, 2.24) is 5.32 Å². The van der Waals surface area contributed by atoms with Crippen molar-refractivity contribution in [3.05, 3.63) is 102 Å². The number of hydrogen-bond donors (Lipinski definition) is 2. The highest BCUT2D eigenvalue weighted by Gasteiger charge is 2.21. The van der Waals surface area contributed by atoms with Gasteiger partial charge in [-0.2, -0.15) is 0 Å². The molecule has 3 rings (SSSR count). The van der Waals surface area contributed by atoms with Gasteiger partial charge in [0.05, 0.1) is 24.6 Å². The molecule has 2 amide bonds. The van der Waals surface area contributed by atoms with Gasteiger partial charge in [0.1, 0.15) is 0 Å². The fourth-order valence-electron chi connectivity index (χ4n) is 3.24. The standard InChI is InChI=1S/C27H26N2O6/c1-2-34-27(33)21-13-15-22(16-14-21)28-24(30)18-35-25(31)17-23(19-9-5-3-6-10-19)29-26(32)20-11-7-4-8-12-20/h3-16,23H,2,17-18H2,1H3,(H,28,30)(H,29,32). The molecule has 0 bridgehead atoms. The molecule has 1 unspecified atom stereocenters. The molecule has 0 fully saturated rings. The van der Waals surface area contributed by atoms with Gasteiger partial charge in [0.25, 0.3) is 11.8 Å². The van der Waals surface area contributed by atoms with Gasteiger partial charge in [-0.3, -0.25) is 14.4 Å². The molecule has 0 radical (unpaired) electrons. The lowest BCUT2D eigenvalue weighted by atomic mass is 10.0. The molecule has 0 aromatic heterocycles. The van der Waals surface area contributed by atoms with Gasteiger partial charge in [-0.1, -0.05) is 48.5 Å². The Labute approximate surface area is 203 Å². The van der Waals surface area contributed by atoms with Crippen LogP contribution in [0, 0.1) is 0 Å². The average Bonchev–Trinajstić information content (AvgIpc) is 2.88. The van der Waals surface area contributed by atoms with Crippen LogP contribution in [0.25, 0.3) is 0 Å². The highest BCUT2D eigenvalue weighted by Crippen LogP contribution is 2.18. The van der Waals surface area contributed by atoms with E-state index in [1.54, 1.807) is 55.5 Å². The van der Waals surface area contributed by atoms with Gasteiger partial charge in [0.15, 0.2) is 6.61 Å². The van der Waals surface area contributed by atoms with Crippen LogP contribution in [0.2, 0.25) is 0 Å². The van der Waals surface area contributed by atoms with Crippen molar-refractivity contribution < 1.29 is 28.7 Å². The molecular weight excluding hydrogens is 448 g/mol. The number of anilines is 1. The third-order valence-corrected chi connectivity index (χ3v) is 4.96. The van der Waals surface area contributed by atoms with Crippen LogP contribution in [0.4, 0.5) is 5.69 Å². The minimum absolute atomic E-state index is 0.149. The molecular formula is C27H26N2O6. The number of carbonyl (C=O) groups is 4. The Hall–Kier alpha value is -4.46. The van der Waals surface area contributed by atoms with Gasteiger partial charge in [-0.25, -0.2) is 4.79 Å². The highest BCUT2D eigenvalue weighted by molar-refractivity contribution is 5.95. The largest absolute Gasteiger partial charge is 0.462 e. The Kier molecular flexibility index (Phi) is 9.13. The SMILES string of the molecule is CCOC(=O)c1ccc(NC(=O)COC(=O)CC(NC(=O)c2ccccc2)c2ccccc2)cc1. The fraction of sp³-hybridized carbons (Fsp3) is 0.185. The minimum Gasteiger partial charge on any atom is -0.462 e. The van der Waals surface area contributed by atoms with Crippen molar-refractivity contribution in [3.63, 3.8) is 0 Å². The maximum atomic E-state index is 12.6. The van der Waals surface area contributed by atoms with Crippen LogP contribution in [-0.2, 0) is 19.1 Å². The molecule has 0 spiro atoms. The lowest BCUT2D eigenvalue weighted by Gasteiger charge is -2.19. The maximum Gasteiger partial charge on any atom is 0.338 e. The molecule has 0 aliphatic rings. The maximum absolute atomic E-state index is 12.6. The van der Waals surface area contributed by atoms with Gasteiger partial charge < -0.3 is 20.1 Å². The molecule has 1 atom stereocenters. The molecule has 0 aliphatic heterocycles. The Morgan fingerprint density at radius 1 is 0.771 bits per heavy atom. The van der Waals surface area contributed by atoms with Crippen molar-refractivity contribution >= 4 is 29.4 Å². The molecule has 0 aliphatic carbocycles. The molecule has 0 saturated carbocycles. The lowest BCUT2D eigenvalue weighted by molar-refractivity contribution is -0.147. The van der Waals surface area contributed by atoms with Crippen LogP contribution in [-0.4, -0.2) is 37.0 Å². The first-order valence-corrected chi connectivity index (χ1v) is 11.1. The van der Waals surface area contributed by atoms with Gasteiger partial charge in [0.2, 0.25) is 0 Å². The van der Waals surface area contributed by atoms with E-state index < -0.39 is 30.5 Å². The monoisotopic (exact) mass is 474 g/mol. The van der Waals surface area contributed by atoms with E-state index >= 15 is 0 Å². The summed E-state index contributed by atoms with van der Waals surface area (Å²) in [5.74, 6) is -1.95. The predicted molar refractivity (Wildman–Crippen MR) is 130 cm³/mol. The number of ether oxygens (including phenoxy) is 2. The van der Waals surface area contributed by atoms with E-state index in [1.807, 2.05) is 24.3 Å². The number of esters is 2. The summed E-state index contributed by atoms with van der Waals surface area (Å²) in [4.78, 5) is 49.0. The Bertz CT molecular complexity index is 1150. The molecule has 35 heavy (non-hydrogen) atoms.